The van der Waals surface area contributed by atoms with E-state index in [1.54, 1.807) is 0 Å². The molecule has 1 unspecified atom stereocenters. The summed E-state index contributed by atoms with van der Waals surface area (Å²) in [4.78, 5) is 2.48. The molecule has 0 bridgehead atoms. The van der Waals surface area contributed by atoms with Crippen LogP contribution in [0.25, 0.3) is 10.1 Å². The van der Waals surface area contributed by atoms with Crippen molar-refractivity contribution in [3.63, 3.8) is 0 Å². The molecule has 1 fully saturated rings. The number of hydrogen-bond acceptors (Lipinski definition) is 3. The van der Waals surface area contributed by atoms with E-state index < -0.39 is 0 Å². The highest BCUT2D eigenvalue weighted by Gasteiger charge is 2.15. The SMILES string of the molecule is CN(Cc1csc2ccccc12)CC1CCCNC1.Cl. The molecule has 2 heterocycles. The van der Waals surface area contributed by atoms with Crippen LogP contribution < -0.4 is 5.32 Å². The molecule has 1 N–H and O–H groups in total. The van der Waals surface area contributed by atoms with E-state index in [1.165, 1.54) is 48.1 Å². The fraction of sp³-hybridized carbons (Fsp3) is 0.500. The number of piperidine rings is 1. The first-order valence-corrected chi connectivity index (χ1v) is 8.05. The van der Waals surface area contributed by atoms with Crippen LogP contribution in [0.15, 0.2) is 29.6 Å². The molecular weight excluding hydrogens is 288 g/mol. The largest absolute Gasteiger partial charge is 0.316 e. The Hall–Kier alpha value is -0.610. The molecule has 0 saturated carbocycles. The molecule has 0 spiro atoms. The lowest BCUT2D eigenvalue weighted by atomic mass is 9.99. The van der Waals surface area contributed by atoms with Crippen molar-refractivity contribution in [2.45, 2.75) is 19.4 Å². The summed E-state index contributed by atoms with van der Waals surface area (Å²) in [5.74, 6) is 0.823. The minimum absolute atomic E-state index is 0. The zero-order chi connectivity index (χ0) is 13.1. The normalized spacial score (nSPS) is 19.2. The van der Waals surface area contributed by atoms with Gasteiger partial charge in [-0.2, -0.15) is 0 Å². The molecule has 110 valence electrons. The minimum atomic E-state index is 0. The number of rotatable bonds is 4. The molecule has 1 aromatic carbocycles. The Morgan fingerprint density at radius 3 is 3.00 bits per heavy atom. The lowest BCUT2D eigenvalue weighted by Gasteiger charge is -2.27. The number of hydrogen-bond donors (Lipinski definition) is 1. The Bertz CT molecular complexity index is 534. The Kier molecular flexibility index (Phi) is 5.85. The van der Waals surface area contributed by atoms with Crippen LogP contribution >= 0.6 is 23.7 Å². The van der Waals surface area contributed by atoms with Gasteiger partial charge in [0.2, 0.25) is 0 Å². The molecule has 0 amide bonds. The summed E-state index contributed by atoms with van der Waals surface area (Å²) in [7, 11) is 2.25. The van der Waals surface area contributed by atoms with Gasteiger partial charge >= 0.3 is 0 Å². The van der Waals surface area contributed by atoms with Crippen molar-refractivity contribution < 1.29 is 0 Å². The second kappa shape index (κ2) is 7.41. The van der Waals surface area contributed by atoms with E-state index in [-0.39, 0.29) is 12.4 Å². The molecule has 1 aromatic heterocycles. The first kappa shape index (κ1) is 15.8. The third kappa shape index (κ3) is 3.73. The summed E-state index contributed by atoms with van der Waals surface area (Å²) in [6.45, 7) is 4.67. The maximum absolute atomic E-state index is 3.50. The first-order valence-electron chi connectivity index (χ1n) is 7.17. The van der Waals surface area contributed by atoms with Crippen molar-refractivity contribution in [2.75, 3.05) is 26.7 Å². The summed E-state index contributed by atoms with van der Waals surface area (Å²) in [5, 5.41) is 7.26. The van der Waals surface area contributed by atoms with Gasteiger partial charge in [0.15, 0.2) is 0 Å². The number of halogens is 1. The Morgan fingerprint density at radius 1 is 1.35 bits per heavy atom. The molecule has 20 heavy (non-hydrogen) atoms. The van der Waals surface area contributed by atoms with Crippen LogP contribution in [0.3, 0.4) is 0 Å². The zero-order valence-electron chi connectivity index (χ0n) is 12.0. The van der Waals surface area contributed by atoms with Crippen molar-refractivity contribution in [3.05, 3.63) is 35.2 Å². The van der Waals surface area contributed by atoms with Gasteiger partial charge in [-0.25, -0.2) is 0 Å². The van der Waals surface area contributed by atoms with Crippen molar-refractivity contribution in [2.24, 2.45) is 5.92 Å². The molecule has 0 aliphatic carbocycles. The summed E-state index contributed by atoms with van der Waals surface area (Å²) in [5.41, 5.74) is 1.48. The predicted molar refractivity (Wildman–Crippen MR) is 91.0 cm³/mol. The van der Waals surface area contributed by atoms with Crippen LogP contribution in [0.4, 0.5) is 0 Å². The summed E-state index contributed by atoms with van der Waals surface area (Å²) >= 11 is 1.86. The summed E-state index contributed by atoms with van der Waals surface area (Å²) in [6, 6.07) is 8.73. The molecule has 2 nitrogen and oxygen atoms in total. The Labute approximate surface area is 131 Å². The summed E-state index contributed by atoms with van der Waals surface area (Å²) < 4.78 is 1.41. The fourth-order valence-electron chi connectivity index (χ4n) is 3.03. The monoisotopic (exact) mass is 310 g/mol. The number of thiophene rings is 1. The second-order valence-electron chi connectivity index (χ2n) is 5.67. The highest BCUT2D eigenvalue weighted by molar-refractivity contribution is 7.17. The van der Waals surface area contributed by atoms with Crippen molar-refractivity contribution in [1.29, 1.82) is 0 Å². The molecule has 1 aliphatic heterocycles. The maximum atomic E-state index is 3.50. The minimum Gasteiger partial charge on any atom is -0.316 e. The molecule has 1 atom stereocenters. The van der Waals surface area contributed by atoms with Crippen LogP contribution in [-0.4, -0.2) is 31.6 Å². The molecular formula is C16H23ClN2S. The number of fused-ring (bicyclic) bond motifs is 1. The smallest absolute Gasteiger partial charge is 0.0346 e. The number of nitrogens with zero attached hydrogens (tertiary/aromatic N) is 1. The predicted octanol–water partition coefficient (Wildman–Crippen LogP) is 3.75. The molecule has 1 aliphatic rings. The maximum Gasteiger partial charge on any atom is 0.0346 e. The third-order valence-corrected chi connectivity index (χ3v) is 4.98. The van der Waals surface area contributed by atoms with Crippen LogP contribution in [0.1, 0.15) is 18.4 Å². The van der Waals surface area contributed by atoms with Crippen molar-refractivity contribution in [1.82, 2.24) is 10.2 Å². The van der Waals surface area contributed by atoms with E-state index in [2.05, 4.69) is 46.9 Å². The van der Waals surface area contributed by atoms with Crippen LogP contribution in [0, 0.1) is 5.92 Å². The Balaban J connectivity index is 0.00000147. The molecule has 2 aromatic rings. The zero-order valence-corrected chi connectivity index (χ0v) is 13.6. The van der Waals surface area contributed by atoms with Crippen LogP contribution in [-0.2, 0) is 6.54 Å². The molecule has 1 saturated heterocycles. The van der Waals surface area contributed by atoms with Gasteiger partial charge in [-0.1, -0.05) is 18.2 Å². The van der Waals surface area contributed by atoms with Crippen LogP contribution in [0.5, 0.6) is 0 Å². The van der Waals surface area contributed by atoms with Gasteiger partial charge in [0.25, 0.3) is 0 Å². The number of benzene rings is 1. The van der Waals surface area contributed by atoms with Crippen molar-refractivity contribution in [3.8, 4) is 0 Å². The van der Waals surface area contributed by atoms with E-state index >= 15 is 0 Å². The topological polar surface area (TPSA) is 15.3 Å². The quantitative estimate of drug-likeness (QED) is 0.925. The van der Waals surface area contributed by atoms with Crippen molar-refractivity contribution >= 4 is 33.8 Å². The third-order valence-electron chi connectivity index (χ3n) is 3.97. The fourth-order valence-corrected chi connectivity index (χ4v) is 3.99. The van der Waals surface area contributed by atoms with Crippen LogP contribution in [0.2, 0.25) is 0 Å². The van der Waals surface area contributed by atoms with E-state index in [0.717, 1.165) is 12.5 Å². The molecule has 3 rings (SSSR count). The Morgan fingerprint density at radius 2 is 2.20 bits per heavy atom. The van der Waals surface area contributed by atoms with E-state index in [0.29, 0.717) is 0 Å². The average Bonchev–Trinajstić information content (AvgIpc) is 2.83. The van der Waals surface area contributed by atoms with E-state index in [4.69, 9.17) is 0 Å². The highest BCUT2D eigenvalue weighted by Crippen LogP contribution is 2.26. The second-order valence-corrected chi connectivity index (χ2v) is 6.58. The lowest BCUT2D eigenvalue weighted by molar-refractivity contribution is 0.238. The van der Waals surface area contributed by atoms with Gasteiger partial charge in [0, 0.05) is 17.8 Å². The van der Waals surface area contributed by atoms with E-state index in [9.17, 15) is 0 Å². The summed E-state index contributed by atoms with van der Waals surface area (Å²) in [6.07, 6.45) is 2.71. The standard InChI is InChI=1S/C16H22N2S.ClH/c1-18(10-13-5-4-8-17-9-13)11-14-12-19-16-7-3-2-6-15(14)16;/h2-3,6-7,12-13,17H,4-5,8-11H2,1H3;1H. The van der Waals surface area contributed by atoms with Gasteiger partial charge < -0.3 is 10.2 Å². The first-order chi connectivity index (χ1) is 9.33. The average molecular weight is 311 g/mol. The van der Waals surface area contributed by atoms with Gasteiger partial charge in [-0.05, 0) is 61.3 Å². The van der Waals surface area contributed by atoms with Gasteiger partial charge in [0.1, 0.15) is 0 Å². The van der Waals surface area contributed by atoms with Gasteiger partial charge in [-0.3, -0.25) is 0 Å². The number of nitrogens with one attached hydrogen (secondary N) is 1. The van der Waals surface area contributed by atoms with Gasteiger partial charge in [-0.15, -0.1) is 23.7 Å². The lowest BCUT2D eigenvalue weighted by Crippen LogP contribution is -2.36. The van der Waals surface area contributed by atoms with Gasteiger partial charge in [0.05, 0.1) is 0 Å². The van der Waals surface area contributed by atoms with E-state index in [1.807, 2.05) is 11.3 Å². The molecule has 0 radical (unpaired) electrons. The molecule has 4 heteroatoms. The highest BCUT2D eigenvalue weighted by atomic mass is 35.5.